The van der Waals surface area contributed by atoms with E-state index in [4.69, 9.17) is 14.5 Å². The number of carbonyl (C=O) groups is 1. The molecule has 2 aromatic carbocycles. The number of aromatic nitrogens is 1. The highest BCUT2D eigenvalue weighted by Gasteiger charge is 2.29. The lowest BCUT2D eigenvalue weighted by molar-refractivity contribution is 0.0917. The number of carbonyl (C=O) groups excluding carboxylic acids is 1. The molecule has 0 spiro atoms. The predicted octanol–water partition coefficient (Wildman–Crippen LogP) is 4.31. The largest absolute Gasteiger partial charge is 0.497 e. The molecule has 0 aliphatic carbocycles. The van der Waals surface area contributed by atoms with Crippen LogP contribution < -0.4 is 9.64 Å². The number of anilines is 1. The number of sulfonamides is 1. The molecule has 2 aliphatic heterocycles. The van der Waals surface area contributed by atoms with Crippen molar-refractivity contribution >= 4 is 42.6 Å². The van der Waals surface area contributed by atoms with Gasteiger partial charge in [-0.3, -0.25) is 9.69 Å². The Kier molecular flexibility index (Phi) is 7.06. The van der Waals surface area contributed by atoms with Crippen LogP contribution in [0, 0.1) is 0 Å². The third kappa shape index (κ3) is 5.06. The van der Waals surface area contributed by atoms with Crippen molar-refractivity contribution in [3.05, 3.63) is 48.0 Å². The molecule has 3 aromatic rings. The van der Waals surface area contributed by atoms with Gasteiger partial charge in [-0.15, -0.1) is 0 Å². The van der Waals surface area contributed by atoms with Gasteiger partial charge in [-0.2, -0.15) is 4.31 Å². The van der Waals surface area contributed by atoms with Gasteiger partial charge in [-0.05, 0) is 68.1 Å². The van der Waals surface area contributed by atoms with Gasteiger partial charge in [0.05, 0.1) is 34.9 Å². The average Bonchev–Trinajstić information content (AvgIpc) is 3.56. The smallest absolute Gasteiger partial charge is 0.260 e. The summed E-state index contributed by atoms with van der Waals surface area (Å²) in [5, 5.41) is 0.582. The average molecular weight is 516 g/mol. The number of benzene rings is 2. The van der Waals surface area contributed by atoms with Crippen molar-refractivity contribution in [3.8, 4) is 5.75 Å². The first-order chi connectivity index (χ1) is 17.0. The number of hydrogen-bond donors (Lipinski definition) is 0. The molecule has 2 aliphatic rings. The molecular formula is C25H29N3O5S2. The van der Waals surface area contributed by atoms with E-state index in [1.807, 2.05) is 18.2 Å². The predicted molar refractivity (Wildman–Crippen MR) is 136 cm³/mol. The lowest BCUT2D eigenvalue weighted by atomic mass is 10.2. The van der Waals surface area contributed by atoms with E-state index in [9.17, 15) is 13.2 Å². The van der Waals surface area contributed by atoms with Gasteiger partial charge < -0.3 is 9.47 Å². The van der Waals surface area contributed by atoms with Gasteiger partial charge in [0.1, 0.15) is 5.75 Å². The monoisotopic (exact) mass is 515 g/mol. The fourth-order valence-electron chi connectivity index (χ4n) is 4.55. The van der Waals surface area contributed by atoms with Crippen molar-refractivity contribution in [1.29, 1.82) is 0 Å². The first-order valence-electron chi connectivity index (χ1n) is 11.9. The van der Waals surface area contributed by atoms with E-state index in [2.05, 4.69) is 0 Å². The van der Waals surface area contributed by atoms with Crippen LogP contribution in [0.5, 0.6) is 5.75 Å². The van der Waals surface area contributed by atoms with E-state index in [1.54, 1.807) is 24.1 Å². The van der Waals surface area contributed by atoms with Gasteiger partial charge in [0, 0.05) is 25.3 Å². The summed E-state index contributed by atoms with van der Waals surface area (Å²) >= 11 is 1.42. The van der Waals surface area contributed by atoms with Gasteiger partial charge in [0.25, 0.3) is 5.91 Å². The lowest BCUT2D eigenvalue weighted by Gasteiger charge is -2.26. The van der Waals surface area contributed by atoms with Crippen molar-refractivity contribution in [3.63, 3.8) is 0 Å². The fraction of sp³-hybridized carbons (Fsp3) is 0.440. The van der Waals surface area contributed by atoms with Gasteiger partial charge in [0.2, 0.25) is 10.0 Å². The summed E-state index contributed by atoms with van der Waals surface area (Å²) in [6.45, 7) is 2.16. The summed E-state index contributed by atoms with van der Waals surface area (Å²) in [7, 11) is -1.94. The maximum atomic E-state index is 13.6. The number of methoxy groups -OCH3 is 1. The van der Waals surface area contributed by atoms with Gasteiger partial charge in [-0.25, -0.2) is 13.4 Å². The molecule has 2 saturated heterocycles. The Labute approximate surface area is 209 Å². The Morgan fingerprint density at radius 2 is 1.91 bits per heavy atom. The highest BCUT2D eigenvalue weighted by molar-refractivity contribution is 7.89. The second-order valence-electron chi connectivity index (χ2n) is 8.87. The standard InChI is InChI=1S/C25H29N3O5S2/c1-32-19-9-12-22-23(16-19)34-25(26-22)28(17-20-6-5-15-33-20)24(29)18-7-10-21(11-8-18)35(30,31)27-13-3-2-4-14-27/h7-12,16,20H,2-6,13-15,17H2,1H3. The first-order valence-corrected chi connectivity index (χ1v) is 14.2. The summed E-state index contributed by atoms with van der Waals surface area (Å²) in [5.74, 6) is 0.503. The van der Waals surface area contributed by atoms with E-state index in [1.165, 1.54) is 27.8 Å². The van der Waals surface area contributed by atoms with Crippen molar-refractivity contribution in [2.24, 2.45) is 0 Å². The molecule has 10 heteroatoms. The van der Waals surface area contributed by atoms with E-state index in [-0.39, 0.29) is 16.9 Å². The number of hydrogen-bond acceptors (Lipinski definition) is 7. The Balaban J connectivity index is 1.43. The molecule has 0 N–H and O–H groups in total. The van der Waals surface area contributed by atoms with E-state index >= 15 is 0 Å². The Bertz CT molecular complexity index is 1290. The molecule has 0 saturated carbocycles. The molecule has 0 radical (unpaired) electrons. The number of piperidine rings is 1. The Hall–Kier alpha value is -2.53. The summed E-state index contributed by atoms with van der Waals surface area (Å²) in [6, 6.07) is 11.9. The van der Waals surface area contributed by atoms with Crippen molar-refractivity contribution in [1.82, 2.24) is 9.29 Å². The van der Waals surface area contributed by atoms with E-state index in [0.29, 0.717) is 36.9 Å². The molecule has 0 bridgehead atoms. The molecule has 1 unspecified atom stereocenters. The molecule has 186 valence electrons. The quantitative estimate of drug-likeness (QED) is 0.466. The number of amides is 1. The maximum Gasteiger partial charge on any atom is 0.260 e. The molecule has 35 heavy (non-hydrogen) atoms. The van der Waals surface area contributed by atoms with Crippen molar-refractivity contribution in [2.45, 2.75) is 43.1 Å². The number of thiazole rings is 1. The number of ether oxygens (including phenoxy) is 2. The molecular weight excluding hydrogens is 486 g/mol. The molecule has 1 atom stereocenters. The fourth-order valence-corrected chi connectivity index (χ4v) is 7.07. The van der Waals surface area contributed by atoms with Crippen LogP contribution in [0.3, 0.4) is 0 Å². The Morgan fingerprint density at radius 1 is 1.14 bits per heavy atom. The number of fused-ring (bicyclic) bond motifs is 1. The summed E-state index contributed by atoms with van der Waals surface area (Å²) < 4.78 is 39.6. The van der Waals surface area contributed by atoms with Crippen molar-refractivity contribution in [2.75, 3.05) is 38.3 Å². The molecule has 1 aromatic heterocycles. The van der Waals surface area contributed by atoms with Crippen LogP contribution in [0.2, 0.25) is 0 Å². The van der Waals surface area contributed by atoms with Crippen molar-refractivity contribution < 1.29 is 22.7 Å². The lowest BCUT2D eigenvalue weighted by Crippen LogP contribution is -2.37. The Morgan fingerprint density at radius 3 is 2.60 bits per heavy atom. The second kappa shape index (κ2) is 10.2. The van der Waals surface area contributed by atoms with E-state index in [0.717, 1.165) is 48.1 Å². The minimum atomic E-state index is -3.55. The van der Waals surface area contributed by atoms with E-state index < -0.39 is 10.0 Å². The molecule has 2 fully saturated rings. The topological polar surface area (TPSA) is 89.0 Å². The SMILES string of the molecule is COc1ccc2nc(N(CC3CCCO3)C(=O)c3ccc(S(=O)(=O)N4CCCCC4)cc3)sc2c1. The summed E-state index contributed by atoms with van der Waals surface area (Å²) in [5.41, 5.74) is 1.20. The van der Waals surface area contributed by atoms with Crippen LogP contribution >= 0.6 is 11.3 Å². The first kappa shape index (κ1) is 24.2. The van der Waals surface area contributed by atoms with Gasteiger partial charge >= 0.3 is 0 Å². The zero-order valence-corrected chi connectivity index (χ0v) is 21.3. The summed E-state index contributed by atoms with van der Waals surface area (Å²) in [4.78, 5) is 20.2. The number of nitrogens with zero attached hydrogens (tertiary/aromatic N) is 3. The van der Waals surface area contributed by atoms with Crippen LogP contribution in [0.15, 0.2) is 47.4 Å². The molecule has 8 nitrogen and oxygen atoms in total. The minimum absolute atomic E-state index is 0.0562. The molecule has 5 rings (SSSR count). The minimum Gasteiger partial charge on any atom is -0.497 e. The zero-order valence-electron chi connectivity index (χ0n) is 19.7. The second-order valence-corrected chi connectivity index (χ2v) is 11.8. The zero-order chi connectivity index (χ0) is 24.4. The van der Waals surface area contributed by atoms with Crippen LogP contribution in [0.4, 0.5) is 5.13 Å². The highest BCUT2D eigenvalue weighted by Crippen LogP contribution is 2.33. The third-order valence-electron chi connectivity index (χ3n) is 6.52. The normalized spacial score (nSPS) is 19.2. The van der Waals surface area contributed by atoms with Gasteiger partial charge in [-0.1, -0.05) is 17.8 Å². The highest BCUT2D eigenvalue weighted by atomic mass is 32.2. The maximum absolute atomic E-state index is 13.6. The van der Waals surface area contributed by atoms with Crippen LogP contribution in [0.25, 0.3) is 10.2 Å². The third-order valence-corrected chi connectivity index (χ3v) is 9.48. The van der Waals surface area contributed by atoms with Crippen LogP contribution in [-0.4, -0.2) is 63.1 Å². The van der Waals surface area contributed by atoms with Gasteiger partial charge in [0.15, 0.2) is 5.13 Å². The molecule has 3 heterocycles. The van der Waals surface area contributed by atoms with Crippen LogP contribution in [-0.2, 0) is 14.8 Å². The van der Waals surface area contributed by atoms with Crippen LogP contribution in [0.1, 0.15) is 42.5 Å². The number of rotatable bonds is 7. The molecule has 1 amide bonds. The summed E-state index contributed by atoms with van der Waals surface area (Å²) in [6.07, 6.45) is 4.60.